The van der Waals surface area contributed by atoms with Gasteiger partial charge in [-0.25, -0.2) is 0 Å². The molecule has 0 unspecified atom stereocenters. The SMILES string of the molecule is CCC(=O)NCCOCCOCCOCCOCCC(=O)NCCCC[C@H](C)C(C)=O. The highest BCUT2D eigenvalue weighted by atomic mass is 16.6. The molecular weight excluding hydrogens is 404 g/mol. The van der Waals surface area contributed by atoms with Crippen LogP contribution in [0.3, 0.4) is 0 Å². The lowest BCUT2D eigenvalue weighted by Crippen LogP contribution is -2.26. The Balaban J connectivity index is 3.23. The molecule has 0 aliphatic carbocycles. The maximum absolute atomic E-state index is 11.7. The van der Waals surface area contributed by atoms with E-state index in [1.54, 1.807) is 6.92 Å². The molecule has 9 nitrogen and oxygen atoms in total. The fraction of sp³-hybridized carbons (Fsp3) is 0.864. The van der Waals surface area contributed by atoms with E-state index in [9.17, 15) is 14.4 Å². The number of nitrogens with one attached hydrogen (secondary N) is 2. The summed E-state index contributed by atoms with van der Waals surface area (Å²) in [5.74, 6) is 0.314. The molecule has 0 aliphatic rings. The highest BCUT2D eigenvalue weighted by molar-refractivity contribution is 5.77. The number of ether oxygens (including phenoxy) is 4. The van der Waals surface area contributed by atoms with Crippen LogP contribution in [0.2, 0.25) is 0 Å². The maximum atomic E-state index is 11.7. The number of Topliss-reactive ketones (excluding diaryl/α,β-unsaturated/α-hetero) is 1. The average molecular weight is 447 g/mol. The van der Waals surface area contributed by atoms with Gasteiger partial charge in [-0.1, -0.05) is 20.3 Å². The number of hydrogen-bond donors (Lipinski definition) is 2. The van der Waals surface area contributed by atoms with E-state index in [0.717, 1.165) is 19.3 Å². The first-order valence-electron chi connectivity index (χ1n) is 11.3. The summed E-state index contributed by atoms with van der Waals surface area (Å²) >= 11 is 0. The Morgan fingerprint density at radius 1 is 0.710 bits per heavy atom. The zero-order valence-electron chi connectivity index (χ0n) is 19.5. The molecule has 182 valence electrons. The third-order valence-corrected chi connectivity index (χ3v) is 4.56. The number of ketones is 1. The molecule has 0 aliphatic heterocycles. The fourth-order valence-corrected chi connectivity index (χ4v) is 2.41. The molecule has 0 aromatic carbocycles. The second-order valence-corrected chi connectivity index (χ2v) is 7.26. The van der Waals surface area contributed by atoms with Crippen molar-refractivity contribution in [1.29, 1.82) is 0 Å². The van der Waals surface area contributed by atoms with Crippen molar-refractivity contribution in [1.82, 2.24) is 10.6 Å². The Morgan fingerprint density at radius 3 is 1.77 bits per heavy atom. The largest absolute Gasteiger partial charge is 0.379 e. The first kappa shape index (κ1) is 29.5. The molecule has 0 fully saturated rings. The lowest BCUT2D eigenvalue weighted by Gasteiger charge is -2.09. The Hall–Kier alpha value is -1.55. The molecule has 2 N–H and O–H groups in total. The standard InChI is InChI=1S/C22H42N2O7/c1-4-21(26)24-10-12-29-14-16-31-18-17-30-15-13-28-11-8-22(27)23-9-6-5-7-19(2)20(3)25/h19H,4-18H2,1-3H3,(H,23,27)(H,24,26)/t19-/m0/s1. The molecule has 2 amide bonds. The number of amides is 2. The van der Waals surface area contributed by atoms with Crippen LogP contribution in [0.5, 0.6) is 0 Å². The predicted molar refractivity (Wildman–Crippen MR) is 118 cm³/mol. The second-order valence-electron chi connectivity index (χ2n) is 7.26. The molecule has 0 spiro atoms. The van der Waals surface area contributed by atoms with Gasteiger partial charge in [0, 0.05) is 31.8 Å². The molecule has 0 saturated carbocycles. The average Bonchev–Trinajstić information content (AvgIpc) is 2.75. The number of carbonyl (C=O) groups excluding carboxylic acids is 3. The van der Waals surface area contributed by atoms with Gasteiger partial charge < -0.3 is 29.6 Å². The van der Waals surface area contributed by atoms with Gasteiger partial charge in [-0.3, -0.25) is 14.4 Å². The monoisotopic (exact) mass is 446 g/mol. The summed E-state index contributed by atoms with van der Waals surface area (Å²) in [6.45, 7) is 10.1. The first-order chi connectivity index (χ1) is 15.0. The van der Waals surface area contributed by atoms with Crippen LogP contribution in [0, 0.1) is 5.92 Å². The summed E-state index contributed by atoms with van der Waals surface area (Å²) < 4.78 is 21.5. The van der Waals surface area contributed by atoms with Gasteiger partial charge in [0.2, 0.25) is 11.8 Å². The molecule has 31 heavy (non-hydrogen) atoms. The molecular formula is C22H42N2O7. The van der Waals surface area contributed by atoms with E-state index in [1.807, 2.05) is 13.8 Å². The van der Waals surface area contributed by atoms with Crippen molar-refractivity contribution in [2.24, 2.45) is 5.92 Å². The van der Waals surface area contributed by atoms with E-state index in [-0.39, 0.29) is 23.5 Å². The summed E-state index contributed by atoms with van der Waals surface area (Å²) in [4.78, 5) is 33.8. The predicted octanol–water partition coefficient (Wildman–Crippen LogP) is 1.48. The van der Waals surface area contributed by atoms with E-state index in [0.29, 0.717) is 78.8 Å². The normalized spacial score (nSPS) is 11.8. The van der Waals surface area contributed by atoms with Crippen LogP contribution in [-0.4, -0.2) is 83.5 Å². The summed E-state index contributed by atoms with van der Waals surface area (Å²) in [6.07, 6.45) is 3.49. The van der Waals surface area contributed by atoms with Crippen molar-refractivity contribution >= 4 is 17.6 Å². The molecule has 9 heteroatoms. The van der Waals surface area contributed by atoms with Crippen LogP contribution in [0.15, 0.2) is 0 Å². The van der Waals surface area contributed by atoms with Gasteiger partial charge in [0.15, 0.2) is 0 Å². The van der Waals surface area contributed by atoms with Crippen molar-refractivity contribution in [2.45, 2.75) is 52.9 Å². The maximum Gasteiger partial charge on any atom is 0.222 e. The summed E-state index contributed by atoms with van der Waals surface area (Å²) in [5.41, 5.74) is 0. The van der Waals surface area contributed by atoms with Crippen LogP contribution < -0.4 is 10.6 Å². The molecule has 0 bridgehead atoms. The zero-order chi connectivity index (χ0) is 23.2. The van der Waals surface area contributed by atoms with Gasteiger partial charge >= 0.3 is 0 Å². The lowest BCUT2D eigenvalue weighted by atomic mass is 10.0. The quantitative estimate of drug-likeness (QED) is 0.242. The Morgan fingerprint density at radius 2 is 1.23 bits per heavy atom. The van der Waals surface area contributed by atoms with Gasteiger partial charge in [-0.05, 0) is 19.8 Å². The van der Waals surface area contributed by atoms with Crippen LogP contribution in [0.1, 0.15) is 52.9 Å². The lowest BCUT2D eigenvalue weighted by molar-refractivity contribution is -0.122. The molecule has 0 radical (unpaired) electrons. The van der Waals surface area contributed by atoms with E-state index < -0.39 is 0 Å². The summed E-state index contributed by atoms with van der Waals surface area (Å²) in [6, 6.07) is 0. The minimum Gasteiger partial charge on any atom is -0.379 e. The van der Waals surface area contributed by atoms with Gasteiger partial charge in [-0.2, -0.15) is 0 Å². The number of hydrogen-bond acceptors (Lipinski definition) is 7. The van der Waals surface area contributed by atoms with E-state index in [4.69, 9.17) is 18.9 Å². The van der Waals surface area contributed by atoms with E-state index in [1.165, 1.54) is 0 Å². The minimum atomic E-state index is -0.0242. The highest BCUT2D eigenvalue weighted by Crippen LogP contribution is 2.07. The van der Waals surface area contributed by atoms with Crippen molar-refractivity contribution in [2.75, 3.05) is 65.9 Å². The van der Waals surface area contributed by atoms with Gasteiger partial charge in [0.25, 0.3) is 0 Å². The van der Waals surface area contributed by atoms with E-state index in [2.05, 4.69) is 10.6 Å². The molecule has 0 aromatic heterocycles. The number of carbonyl (C=O) groups is 3. The van der Waals surface area contributed by atoms with Crippen LogP contribution in [0.25, 0.3) is 0 Å². The van der Waals surface area contributed by atoms with Crippen molar-refractivity contribution in [3.8, 4) is 0 Å². The molecule has 0 aromatic rings. The van der Waals surface area contributed by atoms with E-state index >= 15 is 0 Å². The molecule has 1 atom stereocenters. The number of unbranched alkanes of at least 4 members (excludes halogenated alkanes) is 1. The molecule has 0 rings (SSSR count). The smallest absolute Gasteiger partial charge is 0.222 e. The Kier molecular flexibility index (Phi) is 20.6. The third-order valence-electron chi connectivity index (χ3n) is 4.56. The molecule has 0 heterocycles. The third kappa shape index (κ3) is 21.5. The van der Waals surface area contributed by atoms with Crippen LogP contribution in [-0.2, 0) is 33.3 Å². The van der Waals surface area contributed by atoms with Gasteiger partial charge in [0.05, 0.1) is 52.9 Å². The topological polar surface area (TPSA) is 112 Å². The fourth-order valence-electron chi connectivity index (χ4n) is 2.41. The highest BCUT2D eigenvalue weighted by Gasteiger charge is 2.07. The van der Waals surface area contributed by atoms with Crippen LogP contribution in [0.4, 0.5) is 0 Å². The Labute approximate surface area is 186 Å². The first-order valence-corrected chi connectivity index (χ1v) is 11.3. The number of rotatable bonds is 22. The molecule has 0 saturated heterocycles. The Bertz CT molecular complexity index is 475. The van der Waals surface area contributed by atoms with Crippen LogP contribution >= 0.6 is 0 Å². The summed E-state index contributed by atoms with van der Waals surface area (Å²) in [5, 5.41) is 5.59. The minimum absolute atomic E-state index is 0.0209. The van der Waals surface area contributed by atoms with Crippen molar-refractivity contribution < 1.29 is 33.3 Å². The van der Waals surface area contributed by atoms with Crippen molar-refractivity contribution in [3.05, 3.63) is 0 Å². The van der Waals surface area contributed by atoms with Gasteiger partial charge in [0.1, 0.15) is 5.78 Å². The second kappa shape index (κ2) is 21.7. The van der Waals surface area contributed by atoms with Crippen molar-refractivity contribution in [3.63, 3.8) is 0 Å². The zero-order valence-corrected chi connectivity index (χ0v) is 19.5. The summed E-state index contributed by atoms with van der Waals surface area (Å²) in [7, 11) is 0. The van der Waals surface area contributed by atoms with Gasteiger partial charge in [-0.15, -0.1) is 0 Å².